The number of aliphatic hydroxyl groups excluding tert-OH is 1. The Morgan fingerprint density at radius 3 is 2.63 bits per heavy atom. The normalized spacial score (nSPS) is 13.3. The van der Waals surface area contributed by atoms with Gasteiger partial charge < -0.3 is 9.84 Å². The van der Waals surface area contributed by atoms with Crippen LogP contribution in [-0.2, 0) is 9.84 Å². The lowest BCUT2D eigenvalue weighted by Gasteiger charge is -2.12. The second-order valence-corrected chi connectivity index (χ2v) is 7.62. The van der Waals surface area contributed by atoms with Crippen LogP contribution in [0.15, 0.2) is 22.7 Å². The first kappa shape index (κ1) is 16.5. The van der Waals surface area contributed by atoms with Crippen molar-refractivity contribution in [2.24, 2.45) is 0 Å². The van der Waals surface area contributed by atoms with E-state index in [4.69, 9.17) is 4.74 Å². The van der Waals surface area contributed by atoms with E-state index >= 15 is 0 Å². The number of hydrogen-bond donors (Lipinski definition) is 1. The summed E-state index contributed by atoms with van der Waals surface area (Å²) in [6.07, 6.45) is 0.230. The van der Waals surface area contributed by atoms with Crippen LogP contribution in [0, 0.1) is 0 Å². The Bertz CT molecular complexity index is 513. The third kappa shape index (κ3) is 5.12. The maximum Gasteiger partial charge on any atom is 0.150 e. The van der Waals surface area contributed by atoms with Gasteiger partial charge >= 0.3 is 0 Å². The molecule has 1 aromatic rings. The minimum atomic E-state index is -2.96. The zero-order chi connectivity index (χ0) is 14.5. The molecular formula is C13H19BrO4S. The number of halogens is 1. The summed E-state index contributed by atoms with van der Waals surface area (Å²) < 4.78 is 28.6. The molecule has 0 aromatic heterocycles. The molecule has 4 nitrogen and oxygen atoms in total. The fourth-order valence-corrected chi connectivity index (χ4v) is 3.15. The lowest BCUT2D eigenvalue weighted by Crippen LogP contribution is -2.10. The largest absolute Gasteiger partial charge is 0.496 e. The Kier molecular flexibility index (Phi) is 6.29. The van der Waals surface area contributed by atoms with Gasteiger partial charge in [0.2, 0.25) is 0 Å². The third-order valence-corrected chi connectivity index (χ3v) is 5.34. The molecule has 0 saturated carbocycles. The topological polar surface area (TPSA) is 63.6 Å². The van der Waals surface area contributed by atoms with Gasteiger partial charge in [0, 0.05) is 5.75 Å². The van der Waals surface area contributed by atoms with Crippen LogP contribution in [0.1, 0.15) is 31.4 Å². The number of benzene rings is 1. The summed E-state index contributed by atoms with van der Waals surface area (Å²) in [5.74, 6) is 0.972. The lowest BCUT2D eigenvalue weighted by molar-refractivity contribution is 0.166. The average molecular weight is 351 g/mol. The van der Waals surface area contributed by atoms with E-state index in [-0.39, 0.29) is 11.5 Å². The van der Waals surface area contributed by atoms with Crippen LogP contribution in [0.4, 0.5) is 0 Å². The molecule has 19 heavy (non-hydrogen) atoms. The molecule has 1 N–H and O–H groups in total. The monoisotopic (exact) mass is 350 g/mol. The van der Waals surface area contributed by atoms with E-state index in [0.29, 0.717) is 18.6 Å². The van der Waals surface area contributed by atoms with Crippen LogP contribution in [0.5, 0.6) is 5.75 Å². The number of ether oxygens (including phenoxy) is 1. The summed E-state index contributed by atoms with van der Waals surface area (Å²) in [6, 6.07) is 5.34. The first-order valence-corrected chi connectivity index (χ1v) is 8.73. The Morgan fingerprint density at radius 2 is 2.11 bits per heavy atom. The first-order chi connectivity index (χ1) is 8.89. The van der Waals surface area contributed by atoms with Crippen LogP contribution in [0.25, 0.3) is 0 Å². The Morgan fingerprint density at radius 1 is 1.42 bits per heavy atom. The predicted molar refractivity (Wildman–Crippen MR) is 79.2 cm³/mol. The van der Waals surface area contributed by atoms with E-state index in [1.165, 1.54) is 0 Å². The molecule has 0 heterocycles. The maximum atomic E-state index is 11.3. The number of aliphatic hydroxyl groups is 1. The average Bonchev–Trinajstić information content (AvgIpc) is 2.38. The van der Waals surface area contributed by atoms with Gasteiger partial charge in [-0.25, -0.2) is 8.42 Å². The summed E-state index contributed by atoms with van der Waals surface area (Å²) in [7, 11) is -1.38. The van der Waals surface area contributed by atoms with E-state index < -0.39 is 15.9 Å². The molecule has 0 bridgehead atoms. The van der Waals surface area contributed by atoms with Gasteiger partial charge in [0.25, 0.3) is 0 Å². The van der Waals surface area contributed by atoms with Crippen molar-refractivity contribution in [2.75, 3.05) is 18.6 Å². The summed E-state index contributed by atoms with van der Waals surface area (Å²) in [4.78, 5) is 0. The fraction of sp³-hybridized carbons (Fsp3) is 0.538. The van der Waals surface area contributed by atoms with Gasteiger partial charge in [0.15, 0.2) is 0 Å². The van der Waals surface area contributed by atoms with E-state index in [9.17, 15) is 13.5 Å². The zero-order valence-electron chi connectivity index (χ0n) is 11.1. The van der Waals surface area contributed by atoms with Crippen LogP contribution in [0.3, 0.4) is 0 Å². The maximum absolute atomic E-state index is 11.3. The molecule has 0 radical (unpaired) electrons. The molecule has 0 aliphatic carbocycles. The standard InChI is InChI=1S/C13H19BrO4S/c1-3-19(16,17)8-4-5-12(15)10-6-7-13(18-2)11(14)9-10/h6-7,9,12,15H,3-5,8H2,1-2H3. The van der Waals surface area contributed by atoms with Gasteiger partial charge in [-0.1, -0.05) is 13.0 Å². The highest BCUT2D eigenvalue weighted by Gasteiger charge is 2.13. The molecule has 0 aliphatic heterocycles. The Hall–Kier alpha value is -0.590. The summed E-state index contributed by atoms with van der Waals surface area (Å²) in [5.41, 5.74) is 0.751. The quantitative estimate of drug-likeness (QED) is 0.820. The first-order valence-electron chi connectivity index (χ1n) is 6.11. The molecule has 0 saturated heterocycles. The van der Waals surface area contributed by atoms with Crippen molar-refractivity contribution < 1.29 is 18.3 Å². The van der Waals surface area contributed by atoms with E-state index in [1.807, 2.05) is 0 Å². The number of hydrogen-bond acceptors (Lipinski definition) is 4. The number of methoxy groups -OCH3 is 1. The van der Waals surface area contributed by atoms with Crippen molar-refractivity contribution in [3.63, 3.8) is 0 Å². The molecule has 1 aromatic carbocycles. The Balaban J connectivity index is 2.59. The van der Waals surface area contributed by atoms with Gasteiger partial charge in [-0.3, -0.25) is 0 Å². The van der Waals surface area contributed by atoms with Gasteiger partial charge in [-0.2, -0.15) is 0 Å². The highest BCUT2D eigenvalue weighted by atomic mass is 79.9. The molecule has 1 rings (SSSR count). The van der Waals surface area contributed by atoms with Crippen molar-refractivity contribution in [1.29, 1.82) is 0 Å². The molecule has 0 amide bonds. The molecule has 108 valence electrons. The molecule has 0 spiro atoms. The highest BCUT2D eigenvalue weighted by Crippen LogP contribution is 2.29. The van der Waals surface area contributed by atoms with Crippen LogP contribution >= 0.6 is 15.9 Å². The van der Waals surface area contributed by atoms with Crippen molar-refractivity contribution in [3.8, 4) is 5.75 Å². The zero-order valence-corrected chi connectivity index (χ0v) is 13.5. The second kappa shape index (κ2) is 7.26. The van der Waals surface area contributed by atoms with Crippen LogP contribution in [0.2, 0.25) is 0 Å². The third-order valence-electron chi connectivity index (χ3n) is 2.93. The van der Waals surface area contributed by atoms with Gasteiger partial charge in [0.1, 0.15) is 15.6 Å². The lowest BCUT2D eigenvalue weighted by atomic mass is 10.1. The summed E-state index contributed by atoms with van der Waals surface area (Å²) >= 11 is 3.35. The van der Waals surface area contributed by atoms with Gasteiger partial charge in [-0.15, -0.1) is 0 Å². The van der Waals surface area contributed by atoms with Crippen LogP contribution < -0.4 is 4.74 Å². The van der Waals surface area contributed by atoms with Gasteiger partial charge in [-0.05, 0) is 46.5 Å². The van der Waals surface area contributed by atoms with Crippen molar-refractivity contribution in [2.45, 2.75) is 25.9 Å². The molecule has 0 aliphatic rings. The summed E-state index contributed by atoms with van der Waals surface area (Å²) in [5, 5.41) is 10.0. The fourth-order valence-electron chi connectivity index (χ4n) is 1.70. The highest BCUT2D eigenvalue weighted by molar-refractivity contribution is 9.10. The predicted octanol–water partition coefficient (Wildman–Crippen LogP) is 2.71. The Labute approximate surface area is 122 Å². The van der Waals surface area contributed by atoms with E-state index in [1.54, 1.807) is 32.2 Å². The van der Waals surface area contributed by atoms with Crippen molar-refractivity contribution in [1.82, 2.24) is 0 Å². The van der Waals surface area contributed by atoms with Gasteiger partial charge in [0.05, 0.1) is 23.4 Å². The molecular weight excluding hydrogens is 332 g/mol. The molecule has 1 unspecified atom stereocenters. The molecule has 0 fully saturated rings. The minimum Gasteiger partial charge on any atom is -0.496 e. The van der Waals surface area contributed by atoms with Crippen molar-refractivity contribution in [3.05, 3.63) is 28.2 Å². The SMILES string of the molecule is CCS(=O)(=O)CCCC(O)c1ccc(OC)c(Br)c1. The molecule has 6 heteroatoms. The van der Waals surface area contributed by atoms with Crippen LogP contribution in [-0.4, -0.2) is 32.1 Å². The minimum absolute atomic E-state index is 0.123. The summed E-state index contributed by atoms with van der Waals surface area (Å²) in [6.45, 7) is 1.63. The van der Waals surface area contributed by atoms with E-state index in [0.717, 1.165) is 10.0 Å². The molecule has 1 atom stereocenters. The van der Waals surface area contributed by atoms with E-state index in [2.05, 4.69) is 15.9 Å². The smallest absolute Gasteiger partial charge is 0.150 e. The van der Waals surface area contributed by atoms with Crippen molar-refractivity contribution >= 4 is 25.8 Å². The number of rotatable bonds is 7. The second-order valence-electron chi connectivity index (χ2n) is 4.29. The number of sulfone groups is 1.